The van der Waals surface area contributed by atoms with Crippen LogP contribution in [0.4, 0.5) is 14.6 Å². The SMILES string of the molecule is COc1cc(F)c(-c2cn[nH]c2N)c(F)c1. The summed E-state index contributed by atoms with van der Waals surface area (Å²) in [5, 5.41) is 6.02. The predicted molar refractivity (Wildman–Crippen MR) is 54.9 cm³/mol. The molecule has 6 heteroatoms. The van der Waals surface area contributed by atoms with E-state index in [4.69, 9.17) is 10.5 Å². The smallest absolute Gasteiger partial charge is 0.137 e. The lowest BCUT2D eigenvalue weighted by Crippen LogP contribution is -1.95. The van der Waals surface area contributed by atoms with E-state index in [2.05, 4.69) is 10.2 Å². The molecule has 2 rings (SSSR count). The van der Waals surface area contributed by atoms with Gasteiger partial charge in [-0.1, -0.05) is 0 Å². The van der Waals surface area contributed by atoms with Gasteiger partial charge in [-0.25, -0.2) is 8.78 Å². The van der Waals surface area contributed by atoms with Crippen LogP contribution >= 0.6 is 0 Å². The zero-order chi connectivity index (χ0) is 11.7. The summed E-state index contributed by atoms with van der Waals surface area (Å²) < 4.78 is 32.0. The standard InChI is InChI=1S/C10H9F2N3O/c1-16-5-2-7(11)9(8(12)3-5)6-4-14-15-10(6)13/h2-4H,1H3,(H3,13,14,15). The molecule has 2 aromatic rings. The molecule has 1 aromatic carbocycles. The van der Waals surface area contributed by atoms with Crippen LogP contribution in [0.1, 0.15) is 0 Å². The molecule has 0 aliphatic heterocycles. The molecular formula is C10H9F2N3O. The van der Waals surface area contributed by atoms with E-state index in [0.29, 0.717) is 0 Å². The van der Waals surface area contributed by atoms with E-state index in [1.165, 1.54) is 13.3 Å². The monoisotopic (exact) mass is 225 g/mol. The fraction of sp³-hybridized carbons (Fsp3) is 0.100. The van der Waals surface area contributed by atoms with Crippen LogP contribution in [0, 0.1) is 11.6 Å². The lowest BCUT2D eigenvalue weighted by molar-refractivity contribution is 0.407. The third-order valence-corrected chi connectivity index (χ3v) is 2.19. The van der Waals surface area contributed by atoms with Gasteiger partial charge >= 0.3 is 0 Å². The number of methoxy groups -OCH3 is 1. The summed E-state index contributed by atoms with van der Waals surface area (Å²) in [6.07, 6.45) is 1.27. The summed E-state index contributed by atoms with van der Waals surface area (Å²) in [5.41, 5.74) is 5.47. The first-order valence-corrected chi connectivity index (χ1v) is 4.45. The van der Waals surface area contributed by atoms with Gasteiger partial charge in [0.05, 0.1) is 18.9 Å². The molecule has 1 aromatic heterocycles. The van der Waals surface area contributed by atoms with E-state index < -0.39 is 11.6 Å². The summed E-state index contributed by atoms with van der Waals surface area (Å²) in [5.74, 6) is -1.27. The predicted octanol–water partition coefficient (Wildman–Crippen LogP) is 1.95. The fourth-order valence-corrected chi connectivity index (χ4v) is 1.42. The molecule has 1 heterocycles. The highest BCUT2D eigenvalue weighted by Gasteiger charge is 2.17. The molecule has 0 aliphatic rings. The number of aromatic amines is 1. The highest BCUT2D eigenvalue weighted by molar-refractivity contribution is 5.74. The maximum atomic E-state index is 13.6. The number of nitrogens with one attached hydrogen (secondary N) is 1. The Balaban J connectivity index is 2.62. The van der Waals surface area contributed by atoms with Crippen molar-refractivity contribution in [1.82, 2.24) is 10.2 Å². The van der Waals surface area contributed by atoms with Crippen molar-refractivity contribution >= 4 is 5.82 Å². The van der Waals surface area contributed by atoms with Crippen molar-refractivity contribution in [2.75, 3.05) is 12.8 Å². The maximum Gasteiger partial charge on any atom is 0.137 e. The number of aromatic nitrogens is 2. The number of nitrogen functional groups attached to an aromatic ring is 1. The van der Waals surface area contributed by atoms with Gasteiger partial charge in [0, 0.05) is 17.7 Å². The van der Waals surface area contributed by atoms with Crippen LogP contribution < -0.4 is 10.5 Å². The molecule has 0 aliphatic carbocycles. The lowest BCUT2D eigenvalue weighted by atomic mass is 10.1. The molecule has 84 valence electrons. The van der Waals surface area contributed by atoms with Gasteiger partial charge in [-0.15, -0.1) is 0 Å². The third-order valence-electron chi connectivity index (χ3n) is 2.19. The Morgan fingerprint density at radius 3 is 2.38 bits per heavy atom. The first-order chi connectivity index (χ1) is 7.63. The van der Waals surface area contributed by atoms with Gasteiger partial charge in [-0.2, -0.15) is 5.10 Å². The highest BCUT2D eigenvalue weighted by Crippen LogP contribution is 2.31. The Bertz CT molecular complexity index is 502. The normalized spacial score (nSPS) is 10.4. The molecule has 0 bridgehead atoms. The Hall–Kier alpha value is -2.11. The van der Waals surface area contributed by atoms with Gasteiger partial charge in [0.1, 0.15) is 23.2 Å². The lowest BCUT2D eigenvalue weighted by Gasteiger charge is -2.06. The summed E-state index contributed by atoms with van der Waals surface area (Å²) >= 11 is 0. The molecular weight excluding hydrogens is 216 g/mol. The minimum absolute atomic E-state index is 0.112. The Kier molecular flexibility index (Phi) is 2.47. The van der Waals surface area contributed by atoms with E-state index in [0.717, 1.165) is 12.1 Å². The van der Waals surface area contributed by atoms with Crippen molar-refractivity contribution in [2.24, 2.45) is 0 Å². The van der Waals surface area contributed by atoms with Crippen LogP contribution in [0.2, 0.25) is 0 Å². The van der Waals surface area contributed by atoms with Gasteiger partial charge in [-0.05, 0) is 0 Å². The van der Waals surface area contributed by atoms with Crippen molar-refractivity contribution in [3.8, 4) is 16.9 Å². The molecule has 4 nitrogen and oxygen atoms in total. The number of hydrogen-bond donors (Lipinski definition) is 2. The molecule has 0 fully saturated rings. The van der Waals surface area contributed by atoms with E-state index in [9.17, 15) is 8.78 Å². The molecule has 0 radical (unpaired) electrons. The van der Waals surface area contributed by atoms with Crippen LogP contribution in [-0.4, -0.2) is 17.3 Å². The first kappa shape index (κ1) is 10.4. The number of rotatable bonds is 2. The quantitative estimate of drug-likeness (QED) is 0.820. The van der Waals surface area contributed by atoms with E-state index >= 15 is 0 Å². The summed E-state index contributed by atoms with van der Waals surface area (Å²) in [4.78, 5) is 0. The number of halogens is 2. The van der Waals surface area contributed by atoms with Crippen LogP contribution in [0.5, 0.6) is 5.75 Å². The summed E-state index contributed by atoms with van der Waals surface area (Å²) in [6.45, 7) is 0. The van der Waals surface area contributed by atoms with E-state index in [1.807, 2.05) is 0 Å². The summed E-state index contributed by atoms with van der Waals surface area (Å²) in [6, 6.07) is 2.18. The Morgan fingerprint density at radius 2 is 1.94 bits per heavy atom. The second-order valence-electron chi connectivity index (χ2n) is 3.16. The van der Waals surface area contributed by atoms with Gasteiger partial charge in [-0.3, -0.25) is 5.10 Å². The number of benzene rings is 1. The molecule has 0 amide bonds. The molecule has 0 spiro atoms. The number of anilines is 1. The Morgan fingerprint density at radius 1 is 1.31 bits per heavy atom. The number of ether oxygens (including phenoxy) is 1. The largest absolute Gasteiger partial charge is 0.497 e. The average Bonchev–Trinajstić information content (AvgIpc) is 2.64. The van der Waals surface area contributed by atoms with Crippen molar-refractivity contribution in [3.63, 3.8) is 0 Å². The number of nitrogens with zero attached hydrogens (tertiary/aromatic N) is 1. The van der Waals surface area contributed by atoms with Gasteiger partial charge in [0.15, 0.2) is 0 Å². The first-order valence-electron chi connectivity index (χ1n) is 4.45. The highest BCUT2D eigenvalue weighted by atomic mass is 19.1. The average molecular weight is 225 g/mol. The summed E-state index contributed by atoms with van der Waals surface area (Å²) in [7, 11) is 1.33. The van der Waals surface area contributed by atoms with Crippen LogP contribution in [-0.2, 0) is 0 Å². The van der Waals surface area contributed by atoms with Gasteiger partial charge in [0.2, 0.25) is 0 Å². The molecule has 0 unspecified atom stereocenters. The van der Waals surface area contributed by atoms with E-state index in [1.54, 1.807) is 0 Å². The van der Waals surface area contributed by atoms with Gasteiger partial charge in [0.25, 0.3) is 0 Å². The van der Waals surface area contributed by atoms with Crippen molar-refractivity contribution in [1.29, 1.82) is 0 Å². The van der Waals surface area contributed by atoms with Crippen LogP contribution in [0.15, 0.2) is 18.3 Å². The second kappa shape index (κ2) is 3.80. The van der Waals surface area contributed by atoms with Crippen molar-refractivity contribution in [3.05, 3.63) is 30.0 Å². The van der Waals surface area contributed by atoms with Crippen LogP contribution in [0.3, 0.4) is 0 Å². The molecule has 0 atom stereocenters. The van der Waals surface area contributed by atoms with Crippen molar-refractivity contribution in [2.45, 2.75) is 0 Å². The zero-order valence-electron chi connectivity index (χ0n) is 8.42. The molecule has 3 N–H and O–H groups in total. The number of nitrogens with two attached hydrogens (primary N) is 1. The van der Waals surface area contributed by atoms with Crippen LogP contribution in [0.25, 0.3) is 11.1 Å². The molecule has 16 heavy (non-hydrogen) atoms. The van der Waals surface area contributed by atoms with E-state index in [-0.39, 0.29) is 22.7 Å². The second-order valence-corrected chi connectivity index (χ2v) is 3.16. The number of H-pyrrole nitrogens is 1. The minimum Gasteiger partial charge on any atom is -0.497 e. The minimum atomic E-state index is -0.745. The third kappa shape index (κ3) is 1.58. The topological polar surface area (TPSA) is 63.9 Å². The number of hydrogen-bond acceptors (Lipinski definition) is 3. The molecule has 0 saturated carbocycles. The Labute approximate surface area is 90.0 Å². The van der Waals surface area contributed by atoms with Gasteiger partial charge < -0.3 is 10.5 Å². The molecule has 0 saturated heterocycles. The maximum absolute atomic E-state index is 13.6. The fourth-order valence-electron chi connectivity index (χ4n) is 1.42. The van der Waals surface area contributed by atoms with Crippen molar-refractivity contribution < 1.29 is 13.5 Å². The zero-order valence-corrected chi connectivity index (χ0v) is 8.42.